The van der Waals surface area contributed by atoms with Crippen molar-refractivity contribution in [1.82, 2.24) is 15.5 Å². The molecule has 2 N–H and O–H groups in total. The van der Waals surface area contributed by atoms with Gasteiger partial charge in [-0.3, -0.25) is 9.89 Å². The fourth-order valence-corrected chi connectivity index (χ4v) is 4.33. The molecule has 2 atom stereocenters. The number of halogens is 1. The second-order valence-corrected chi connectivity index (χ2v) is 9.16. The third-order valence-electron chi connectivity index (χ3n) is 6.30. The number of nitrogens with zero attached hydrogens (tertiary/aromatic N) is 3. The number of aliphatic imine (C=N–C) groups is 2. The van der Waals surface area contributed by atoms with Crippen LogP contribution in [0.2, 0.25) is 0 Å². The molecule has 1 aliphatic carbocycles. The van der Waals surface area contributed by atoms with E-state index in [9.17, 15) is 4.79 Å². The first-order valence-electron chi connectivity index (χ1n) is 13.1. The highest BCUT2D eigenvalue weighted by Crippen LogP contribution is 2.23. The Kier molecular flexibility index (Phi) is 13.8. The molecule has 2 saturated heterocycles. The number of rotatable bonds is 16. The Morgan fingerprint density at radius 2 is 2.11 bits per heavy atom. The molecule has 3 rings (SSSR count). The maximum absolute atomic E-state index is 11.1. The lowest BCUT2D eigenvalue weighted by Crippen LogP contribution is -2.33. The molecular weight excluding hydrogens is 514 g/mol. The van der Waals surface area contributed by atoms with E-state index >= 15 is 0 Å². The zero-order valence-corrected chi connectivity index (χ0v) is 23.0. The van der Waals surface area contributed by atoms with Crippen molar-refractivity contribution in [3.05, 3.63) is 34.9 Å². The summed E-state index contributed by atoms with van der Waals surface area (Å²) in [5, 5.41) is 6.23. The largest absolute Gasteiger partial charge is 0.494 e. The predicted octanol–water partition coefficient (Wildman–Crippen LogP) is 1.95. The number of likely N-dealkylation sites (N-methyl/N-ethyl adjacent to an activating group) is 2. The van der Waals surface area contributed by atoms with Crippen molar-refractivity contribution in [1.29, 1.82) is 0 Å². The van der Waals surface area contributed by atoms with Crippen LogP contribution < -0.4 is 10.6 Å². The van der Waals surface area contributed by atoms with Gasteiger partial charge in [-0.25, -0.2) is 4.99 Å². The van der Waals surface area contributed by atoms with Gasteiger partial charge in [-0.15, -0.1) is 0 Å². The number of hydrogen-bond acceptors (Lipinski definition) is 10. The van der Waals surface area contributed by atoms with Crippen LogP contribution in [0, 0.1) is 0 Å². The standard InChI is InChI=1S/C26H40ClN5O6/c1-3-32(7-6-28-2)8-11-35-22-12-20(13-23(14-22)38-21-4-9-34-10-5-21)30-17-29-18-31-24(15-27)26-25(16-33)36-19-37-26/h12,14-17,21,25-26,28,31H,3-11,13,18-19H2,1-2H3/b24-15-,29-17?,30-20?. The Hall–Kier alpha value is -2.28. The molecule has 0 bridgehead atoms. The third kappa shape index (κ3) is 10.1. The lowest BCUT2D eigenvalue weighted by atomic mass is 10.1. The molecule has 2 fully saturated rings. The van der Waals surface area contributed by atoms with Crippen molar-refractivity contribution >= 4 is 29.9 Å². The number of nitrogens with one attached hydrogen (secondary N) is 2. The Bertz CT molecular complexity index is 887. The highest BCUT2D eigenvalue weighted by atomic mass is 35.5. The number of hydrogen-bond donors (Lipinski definition) is 2. The van der Waals surface area contributed by atoms with Crippen LogP contribution in [0.3, 0.4) is 0 Å². The first-order valence-corrected chi connectivity index (χ1v) is 13.5. The Labute approximate surface area is 229 Å². The van der Waals surface area contributed by atoms with Gasteiger partial charge in [0.25, 0.3) is 0 Å². The number of aldehydes is 1. The van der Waals surface area contributed by atoms with Gasteiger partial charge in [-0.1, -0.05) is 18.5 Å². The van der Waals surface area contributed by atoms with E-state index < -0.39 is 12.2 Å². The van der Waals surface area contributed by atoms with E-state index in [2.05, 4.69) is 32.4 Å². The second kappa shape index (κ2) is 17.3. The van der Waals surface area contributed by atoms with Crippen LogP contribution in [-0.2, 0) is 28.5 Å². The molecule has 0 spiro atoms. The smallest absolute Gasteiger partial charge is 0.151 e. The van der Waals surface area contributed by atoms with Gasteiger partial charge in [0.1, 0.15) is 56.2 Å². The van der Waals surface area contributed by atoms with Gasteiger partial charge >= 0.3 is 0 Å². The molecule has 0 saturated carbocycles. The first kappa shape index (κ1) is 30.3. The maximum atomic E-state index is 11.1. The van der Waals surface area contributed by atoms with Crippen LogP contribution >= 0.6 is 11.6 Å². The minimum Gasteiger partial charge on any atom is -0.494 e. The summed E-state index contributed by atoms with van der Waals surface area (Å²) in [6.07, 6.45) is 7.19. The summed E-state index contributed by atoms with van der Waals surface area (Å²) >= 11 is 5.90. The molecule has 2 heterocycles. The molecule has 0 aromatic carbocycles. The average Bonchev–Trinajstić information content (AvgIpc) is 3.42. The van der Waals surface area contributed by atoms with Gasteiger partial charge < -0.3 is 39.1 Å². The zero-order valence-electron chi connectivity index (χ0n) is 22.3. The molecule has 11 nitrogen and oxygen atoms in total. The SMILES string of the molecule is CCN(CCNC)CCOC1=CC(=NC=NCN/C(=C\Cl)C2OCOC2C=O)CC(OC2CCOCC2)=C1. The van der Waals surface area contributed by atoms with E-state index in [0.29, 0.717) is 38.2 Å². The first-order chi connectivity index (χ1) is 18.7. The van der Waals surface area contributed by atoms with Crippen LogP contribution in [0.25, 0.3) is 0 Å². The van der Waals surface area contributed by atoms with Crippen LogP contribution in [-0.4, -0.2) is 108 Å². The van der Waals surface area contributed by atoms with Crippen LogP contribution in [0.1, 0.15) is 26.2 Å². The molecular formula is C26H40ClN5O6. The van der Waals surface area contributed by atoms with Crippen molar-refractivity contribution in [2.75, 3.05) is 66.5 Å². The minimum atomic E-state index is -0.698. The molecule has 2 aliphatic heterocycles. The average molecular weight is 554 g/mol. The quantitative estimate of drug-likeness (QED) is 0.168. The van der Waals surface area contributed by atoms with E-state index in [1.807, 2.05) is 19.2 Å². The molecule has 0 amide bonds. The van der Waals surface area contributed by atoms with Crippen LogP contribution in [0.5, 0.6) is 0 Å². The van der Waals surface area contributed by atoms with Crippen molar-refractivity contribution in [2.24, 2.45) is 9.98 Å². The fourth-order valence-electron chi connectivity index (χ4n) is 4.13. The number of carbonyl (C=O) groups excluding carboxylic acids is 1. The maximum Gasteiger partial charge on any atom is 0.151 e. The second-order valence-electron chi connectivity index (χ2n) is 8.94. The topological polar surface area (TPSA) is 115 Å². The highest BCUT2D eigenvalue weighted by Gasteiger charge is 2.32. The molecule has 212 valence electrons. The molecule has 0 aromatic heterocycles. The molecule has 38 heavy (non-hydrogen) atoms. The highest BCUT2D eigenvalue weighted by molar-refractivity contribution is 6.25. The summed E-state index contributed by atoms with van der Waals surface area (Å²) in [5.74, 6) is 1.55. The van der Waals surface area contributed by atoms with Crippen molar-refractivity contribution < 1.29 is 28.5 Å². The van der Waals surface area contributed by atoms with Crippen LogP contribution in [0.15, 0.2) is 44.9 Å². The Morgan fingerprint density at radius 1 is 1.26 bits per heavy atom. The fraction of sp³-hybridized carbons (Fsp3) is 0.654. The lowest BCUT2D eigenvalue weighted by molar-refractivity contribution is -0.115. The van der Waals surface area contributed by atoms with Gasteiger partial charge in [-0.05, 0) is 13.6 Å². The number of carbonyl (C=O) groups is 1. The monoisotopic (exact) mass is 553 g/mol. The normalized spacial score (nSPS) is 24.1. The molecule has 2 unspecified atom stereocenters. The molecule has 3 aliphatic rings. The summed E-state index contributed by atoms with van der Waals surface area (Å²) < 4.78 is 28.5. The summed E-state index contributed by atoms with van der Waals surface area (Å²) in [6, 6.07) is 0. The summed E-state index contributed by atoms with van der Waals surface area (Å²) in [6.45, 7) is 8.07. The number of ether oxygens (including phenoxy) is 5. The van der Waals surface area contributed by atoms with E-state index in [1.54, 1.807) is 0 Å². The molecule has 0 radical (unpaired) electrons. The summed E-state index contributed by atoms with van der Waals surface area (Å²) in [7, 11) is 1.96. The minimum absolute atomic E-state index is 0.0376. The van der Waals surface area contributed by atoms with Crippen LogP contribution in [0.4, 0.5) is 0 Å². The van der Waals surface area contributed by atoms with Gasteiger partial charge in [-0.2, -0.15) is 0 Å². The molecule has 12 heteroatoms. The van der Waals surface area contributed by atoms with E-state index in [1.165, 1.54) is 11.9 Å². The Morgan fingerprint density at radius 3 is 2.84 bits per heavy atom. The van der Waals surface area contributed by atoms with E-state index in [-0.39, 0.29) is 19.6 Å². The predicted molar refractivity (Wildman–Crippen MR) is 146 cm³/mol. The Balaban J connectivity index is 1.57. The summed E-state index contributed by atoms with van der Waals surface area (Å²) in [5.41, 5.74) is 2.64. The van der Waals surface area contributed by atoms with Gasteiger partial charge in [0.2, 0.25) is 0 Å². The zero-order chi connectivity index (χ0) is 27.0. The van der Waals surface area contributed by atoms with Gasteiger partial charge in [0.05, 0.1) is 24.6 Å². The number of allylic oxidation sites excluding steroid dienone is 3. The van der Waals surface area contributed by atoms with E-state index in [4.69, 9.17) is 35.3 Å². The van der Waals surface area contributed by atoms with E-state index in [0.717, 1.165) is 56.3 Å². The van der Waals surface area contributed by atoms with Crippen molar-refractivity contribution in [2.45, 2.75) is 44.5 Å². The van der Waals surface area contributed by atoms with Gasteiger partial charge in [0.15, 0.2) is 6.29 Å². The summed E-state index contributed by atoms with van der Waals surface area (Å²) in [4.78, 5) is 22.3. The van der Waals surface area contributed by atoms with Crippen molar-refractivity contribution in [3.63, 3.8) is 0 Å². The third-order valence-corrected chi connectivity index (χ3v) is 6.53. The van der Waals surface area contributed by atoms with Crippen molar-refractivity contribution in [3.8, 4) is 0 Å². The van der Waals surface area contributed by atoms with Gasteiger partial charge in [0, 0.05) is 56.6 Å². The molecule has 0 aromatic rings. The lowest BCUT2D eigenvalue weighted by Gasteiger charge is -2.26.